The highest BCUT2D eigenvalue weighted by molar-refractivity contribution is 7.11. The number of hydrogen-bond donors (Lipinski definition) is 0. The highest BCUT2D eigenvalue weighted by atomic mass is 32.1. The fourth-order valence-electron chi connectivity index (χ4n) is 1.50. The van der Waals surface area contributed by atoms with Crippen molar-refractivity contribution in [1.82, 2.24) is 9.88 Å². The molecule has 0 saturated carbocycles. The largest absolute Gasteiger partial charge is 0.303 e. The minimum Gasteiger partial charge on any atom is -0.303 e. The molecule has 0 N–H and O–H groups in total. The third-order valence-electron chi connectivity index (χ3n) is 2.68. The normalized spacial score (nSPS) is 11.6. The van der Waals surface area contributed by atoms with Crippen LogP contribution in [0.1, 0.15) is 43.5 Å². The zero-order valence-electron chi connectivity index (χ0n) is 10.3. The molecule has 0 aliphatic heterocycles. The molecule has 0 radical (unpaired) electrons. The van der Waals surface area contributed by atoms with Gasteiger partial charge in [0, 0.05) is 24.0 Å². The van der Waals surface area contributed by atoms with Crippen molar-refractivity contribution in [3.8, 4) is 0 Å². The summed E-state index contributed by atoms with van der Waals surface area (Å²) in [5.41, 5.74) is 0. The van der Waals surface area contributed by atoms with Gasteiger partial charge in [-0.25, -0.2) is 4.98 Å². The standard InChI is InChI=1S/C12H22N2S/c1-5-14(6-2)8-7-12-13-9-11(15-12)10(3)4/h9-10H,5-8H2,1-4H3. The molecule has 2 nitrogen and oxygen atoms in total. The molecule has 0 saturated heterocycles. The number of hydrogen-bond acceptors (Lipinski definition) is 3. The second kappa shape index (κ2) is 6.23. The number of aromatic nitrogens is 1. The van der Waals surface area contributed by atoms with E-state index in [9.17, 15) is 0 Å². The average molecular weight is 226 g/mol. The molecule has 0 amide bonds. The Labute approximate surface area is 97.3 Å². The van der Waals surface area contributed by atoms with Crippen LogP contribution < -0.4 is 0 Å². The van der Waals surface area contributed by atoms with E-state index in [1.165, 1.54) is 9.88 Å². The molecule has 0 aliphatic carbocycles. The van der Waals surface area contributed by atoms with Crippen LogP contribution in [-0.2, 0) is 6.42 Å². The van der Waals surface area contributed by atoms with E-state index in [0.29, 0.717) is 5.92 Å². The average Bonchev–Trinajstić information content (AvgIpc) is 2.68. The van der Waals surface area contributed by atoms with Gasteiger partial charge in [0.1, 0.15) is 0 Å². The summed E-state index contributed by atoms with van der Waals surface area (Å²) >= 11 is 1.87. The van der Waals surface area contributed by atoms with E-state index in [2.05, 4.69) is 37.6 Å². The Balaban J connectivity index is 2.43. The summed E-state index contributed by atoms with van der Waals surface area (Å²) < 4.78 is 0. The molecule has 0 spiro atoms. The maximum absolute atomic E-state index is 4.47. The summed E-state index contributed by atoms with van der Waals surface area (Å²) in [4.78, 5) is 8.32. The summed E-state index contributed by atoms with van der Waals surface area (Å²) in [6.07, 6.45) is 3.13. The molecule has 0 aromatic carbocycles. The van der Waals surface area contributed by atoms with Crippen LogP contribution in [0.4, 0.5) is 0 Å². The van der Waals surface area contributed by atoms with Crippen molar-refractivity contribution in [2.75, 3.05) is 19.6 Å². The lowest BCUT2D eigenvalue weighted by Gasteiger charge is -2.16. The lowest BCUT2D eigenvalue weighted by molar-refractivity contribution is 0.308. The van der Waals surface area contributed by atoms with Crippen LogP contribution in [0.3, 0.4) is 0 Å². The van der Waals surface area contributed by atoms with Gasteiger partial charge in [0.05, 0.1) is 5.01 Å². The summed E-state index contributed by atoms with van der Waals surface area (Å²) in [6.45, 7) is 12.3. The van der Waals surface area contributed by atoms with Gasteiger partial charge in [-0.05, 0) is 19.0 Å². The third-order valence-corrected chi connectivity index (χ3v) is 4.03. The van der Waals surface area contributed by atoms with E-state index in [1.54, 1.807) is 0 Å². The van der Waals surface area contributed by atoms with Crippen molar-refractivity contribution in [1.29, 1.82) is 0 Å². The van der Waals surface area contributed by atoms with Crippen molar-refractivity contribution in [2.45, 2.75) is 40.0 Å². The predicted octanol–water partition coefficient (Wildman–Crippen LogP) is 3.15. The number of rotatable bonds is 6. The topological polar surface area (TPSA) is 16.1 Å². The van der Waals surface area contributed by atoms with Crippen LogP contribution in [-0.4, -0.2) is 29.5 Å². The Kier molecular flexibility index (Phi) is 5.26. The summed E-state index contributed by atoms with van der Waals surface area (Å²) in [5, 5.41) is 1.28. The van der Waals surface area contributed by atoms with E-state index in [-0.39, 0.29) is 0 Å². The van der Waals surface area contributed by atoms with Crippen molar-refractivity contribution >= 4 is 11.3 Å². The number of nitrogens with zero attached hydrogens (tertiary/aromatic N) is 2. The third kappa shape index (κ3) is 3.92. The van der Waals surface area contributed by atoms with Crippen LogP contribution in [0.25, 0.3) is 0 Å². The lowest BCUT2D eigenvalue weighted by atomic mass is 10.2. The maximum atomic E-state index is 4.47. The SMILES string of the molecule is CCN(CC)CCc1ncc(C(C)C)s1. The van der Waals surface area contributed by atoms with Crippen LogP contribution >= 0.6 is 11.3 Å². The second-order valence-corrected chi connectivity index (χ2v) is 5.23. The van der Waals surface area contributed by atoms with Gasteiger partial charge >= 0.3 is 0 Å². The van der Waals surface area contributed by atoms with Gasteiger partial charge in [0.2, 0.25) is 0 Å². The van der Waals surface area contributed by atoms with Gasteiger partial charge in [-0.15, -0.1) is 11.3 Å². The maximum Gasteiger partial charge on any atom is 0.0940 e. The molecule has 0 aliphatic rings. The number of likely N-dealkylation sites (N-methyl/N-ethyl adjacent to an activating group) is 1. The van der Waals surface area contributed by atoms with Gasteiger partial charge in [0.15, 0.2) is 0 Å². The molecule has 0 bridgehead atoms. The molecule has 15 heavy (non-hydrogen) atoms. The first-order chi connectivity index (χ1) is 7.17. The molecule has 0 atom stereocenters. The molecule has 1 heterocycles. The van der Waals surface area contributed by atoms with Crippen molar-refractivity contribution < 1.29 is 0 Å². The highest BCUT2D eigenvalue weighted by Gasteiger charge is 2.06. The molecule has 1 aromatic rings. The van der Waals surface area contributed by atoms with Crippen LogP contribution in [0.15, 0.2) is 6.20 Å². The Morgan fingerprint density at radius 2 is 2.00 bits per heavy atom. The quantitative estimate of drug-likeness (QED) is 0.741. The summed E-state index contributed by atoms with van der Waals surface area (Å²) in [5.74, 6) is 0.615. The first-order valence-corrected chi connectivity index (χ1v) is 6.66. The molecule has 86 valence electrons. The van der Waals surface area contributed by atoms with Gasteiger partial charge in [-0.3, -0.25) is 0 Å². The fourth-order valence-corrected chi connectivity index (χ4v) is 2.41. The van der Waals surface area contributed by atoms with E-state index in [0.717, 1.165) is 26.1 Å². The van der Waals surface area contributed by atoms with Crippen molar-refractivity contribution in [3.05, 3.63) is 16.1 Å². The molecule has 1 rings (SSSR count). The number of thiazole rings is 1. The minimum atomic E-state index is 0.615. The van der Waals surface area contributed by atoms with E-state index in [4.69, 9.17) is 0 Å². The van der Waals surface area contributed by atoms with Gasteiger partial charge in [-0.1, -0.05) is 27.7 Å². The highest BCUT2D eigenvalue weighted by Crippen LogP contribution is 2.22. The first-order valence-electron chi connectivity index (χ1n) is 5.84. The molecule has 1 aromatic heterocycles. The van der Waals surface area contributed by atoms with Gasteiger partial charge in [-0.2, -0.15) is 0 Å². The molecular weight excluding hydrogens is 204 g/mol. The molecule has 3 heteroatoms. The molecule has 0 fully saturated rings. The minimum absolute atomic E-state index is 0.615. The first kappa shape index (κ1) is 12.7. The summed E-state index contributed by atoms with van der Waals surface area (Å²) in [7, 11) is 0. The van der Waals surface area contributed by atoms with E-state index >= 15 is 0 Å². The Hall–Kier alpha value is -0.410. The van der Waals surface area contributed by atoms with Crippen molar-refractivity contribution in [3.63, 3.8) is 0 Å². The van der Waals surface area contributed by atoms with Crippen molar-refractivity contribution in [2.24, 2.45) is 0 Å². The Morgan fingerprint density at radius 1 is 1.33 bits per heavy atom. The van der Waals surface area contributed by atoms with Crippen LogP contribution in [0.2, 0.25) is 0 Å². The second-order valence-electron chi connectivity index (χ2n) is 4.09. The van der Waals surface area contributed by atoms with Crippen LogP contribution in [0.5, 0.6) is 0 Å². The fraction of sp³-hybridized carbons (Fsp3) is 0.750. The monoisotopic (exact) mass is 226 g/mol. The summed E-state index contributed by atoms with van der Waals surface area (Å²) in [6, 6.07) is 0. The molecular formula is C12H22N2S. The van der Waals surface area contributed by atoms with E-state index < -0.39 is 0 Å². The Morgan fingerprint density at radius 3 is 2.47 bits per heavy atom. The zero-order chi connectivity index (χ0) is 11.3. The van der Waals surface area contributed by atoms with E-state index in [1.807, 2.05) is 17.5 Å². The zero-order valence-corrected chi connectivity index (χ0v) is 11.1. The van der Waals surface area contributed by atoms with Gasteiger partial charge < -0.3 is 4.90 Å². The van der Waals surface area contributed by atoms with Crippen LogP contribution in [0, 0.1) is 0 Å². The smallest absolute Gasteiger partial charge is 0.0940 e. The Bertz CT molecular complexity index is 277. The lowest BCUT2D eigenvalue weighted by Crippen LogP contribution is -2.25. The van der Waals surface area contributed by atoms with Gasteiger partial charge in [0.25, 0.3) is 0 Å². The molecule has 0 unspecified atom stereocenters. The predicted molar refractivity (Wildman–Crippen MR) is 67.7 cm³/mol.